The molecule has 0 saturated heterocycles. The highest BCUT2D eigenvalue weighted by Gasteiger charge is 2.14. The summed E-state index contributed by atoms with van der Waals surface area (Å²) in [5.41, 5.74) is 0.0786. The number of aromatic carboxylic acids is 1. The van der Waals surface area contributed by atoms with Gasteiger partial charge in [0.25, 0.3) is 0 Å². The summed E-state index contributed by atoms with van der Waals surface area (Å²) in [5, 5.41) is 12.3. The average molecular weight is 271 g/mol. The molecule has 0 spiro atoms. The fraction of sp³-hybridized carbons (Fsp3) is 0.538. The van der Waals surface area contributed by atoms with E-state index in [0.29, 0.717) is 5.82 Å². The number of anilines is 1. The molecule has 0 aliphatic rings. The molecule has 0 fully saturated rings. The van der Waals surface area contributed by atoms with Crippen molar-refractivity contribution in [1.82, 2.24) is 4.98 Å². The lowest BCUT2D eigenvalue weighted by atomic mass is 10.1. The van der Waals surface area contributed by atoms with Crippen LogP contribution in [0.4, 0.5) is 5.82 Å². The quantitative estimate of drug-likeness (QED) is 0.740. The molecule has 0 bridgehead atoms. The highest BCUT2D eigenvalue weighted by atomic mass is 35.5. The molecule has 1 aromatic heterocycles. The maximum absolute atomic E-state index is 10.9. The lowest BCUT2D eigenvalue weighted by molar-refractivity contribution is 0.0697. The molecular formula is C13H19ClN2O2. The monoisotopic (exact) mass is 270 g/mol. The highest BCUT2D eigenvalue weighted by molar-refractivity contribution is 6.35. The van der Waals surface area contributed by atoms with Gasteiger partial charge in [0.1, 0.15) is 5.82 Å². The molecule has 0 amide bonds. The smallest absolute Gasteiger partial charge is 0.337 e. The topological polar surface area (TPSA) is 62.2 Å². The summed E-state index contributed by atoms with van der Waals surface area (Å²) < 4.78 is 0. The van der Waals surface area contributed by atoms with Gasteiger partial charge in [-0.25, -0.2) is 9.78 Å². The Morgan fingerprint density at radius 1 is 1.56 bits per heavy atom. The van der Waals surface area contributed by atoms with Crippen molar-refractivity contribution in [2.75, 3.05) is 5.32 Å². The summed E-state index contributed by atoms with van der Waals surface area (Å²) in [6, 6.07) is 1.63. The number of unbranched alkanes of at least 4 members (excludes halogenated alkanes) is 2. The summed E-state index contributed by atoms with van der Waals surface area (Å²) in [7, 11) is 0. The Bertz CT molecular complexity index is 410. The van der Waals surface area contributed by atoms with E-state index in [1.807, 2.05) is 6.92 Å². The summed E-state index contributed by atoms with van der Waals surface area (Å²) >= 11 is 6.00. The van der Waals surface area contributed by atoms with Crippen LogP contribution in [-0.2, 0) is 0 Å². The molecule has 1 atom stereocenters. The van der Waals surface area contributed by atoms with Gasteiger partial charge in [-0.15, -0.1) is 0 Å². The van der Waals surface area contributed by atoms with Crippen LogP contribution in [0.5, 0.6) is 0 Å². The first-order valence-corrected chi connectivity index (χ1v) is 6.58. The first-order valence-electron chi connectivity index (χ1n) is 6.20. The van der Waals surface area contributed by atoms with E-state index < -0.39 is 5.97 Å². The average Bonchev–Trinajstić information content (AvgIpc) is 2.32. The molecule has 5 heteroatoms. The Balaban J connectivity index is 2.67. The number of rotatable bonds is 7. The SMILES string of the molecule is CCCCCC(C)Nc1nccc(C(=O)O)c1Cl. The number of carboxylic acid groups (broad SMARTS) is 1. The number of nitrogens with zero attached hydrogens (tertiary/aromatic N) is 1. The standard InChI is InChI=1S/C13H19ClN2O2/c1-3-4-5-6-9(2)16-12-11(14)10(13(17)18)7-8-15-12/h7-9H,3-6H2,1-2H3,(H,15,16)(H,17,18). The minimum Gasteiger partial charge on any atom is -0.478 e. The molecule has 1 rings (SSSR count). The van der Waals surface area contributed by atoms with Crippen LogP contribution in [0.2, 0.25) is 5.02 Å². The number of hydrogen-bond acceptors (Lipinski definition) is 3. The van der Waals surface area contributed by atoms with Crippen LogP contribution in [0.3, 0.4) is 0 Å². The van der Waals surface area contributed by atoms with Gasteiger partial charge in [0, 0.05) is 12.2 Å². The van der Waals surface area contributed by atoms with E-state index in [1.54, 1.807) is 0 Å². The van der Waals surface area contributed by atoms with Crippen molar-refractivity contribution >= 4 is 23.4 Å². The third kappa shape index (κ3) is 4.18. The molecule has 0 radical (unpaired) electrons. The van der Waals surface area contributed by atoms with Gasteiger partial charge < -0.3 is 10.4 Å². The number of hydrogen-bond donors (Lipinski definition) is 2. The first kappa shape index (κ1) is 14.8. The van der Waals surface area contributed by atoms with Gasteiger partial charge >= 0.3 is 5.97 Å². The highest BCUT2D eigenvalue weighted by Crippen LogP contribution is 2.24. The molecule has 4 nitrogen and oxygen atoms in total. The van der Waals surface area contributed by atoms with Crippen LogP contribution in [0.1, 0.15) is 49.9 Å². The Kier molecular flexibility index (Phi) is 5.92. The largest absolute Gasteiger partial charge is 0.478 e. The van der Waals surface area contributed by atoms with Crippen molar-refractivity contribution in [3.63, 3.8) is 0 Å². The van der Waals surface area contributed by atoms with E-state index in [2.05, 4.69) is 17.2 Å². The van der Waals surface area contributed by atoms with E-state index in [1.165, 1.54) is 25.1 Å². The van der Waals surface area contributed by atoms with Crippen molar-refractivity contribution in [3.05, 3.63) is 22.8 Å². The number of pyridine rings is 1. The van der Waals surface area contributed by atoms with Crippen LogP contribution in [0.25, 0.3) is 0 Å². The normalized spacial score (nSPS) is 12.2. The molecule has 0 saturated carbocycles. The van der Waals surface area contributed by atoms with Gasteiger partial charge in [0.05, 0.1) is 10.6 Å². The van der Waals surface area contributed by atoms with Gasteiger partial charge in [-0.05, 0) is 19.4 Å². The molecule has 2 N–H and O–H groups in total. The van der Waals surface area contributed by atoms with Gasteiger partial charge in [0.15, 0.2) is 0 Å². The Morgan fingerprint density at radius 3 is 2.89 bits per heavy atom. The number of carbonyl (C=O) groups is 1. The molecule has 1 aromatic rings. The third-order valence-corrected chi connectivity index (χ3v) is 3.13. The van der Waals surface area contributed by atoms with E-state index in [4.69, 9.17) is 16.7 Å². The zero-order valence-electron chi connectivity index (χ0n) is 10.7. The fourth-order valence-corrected chi connectivity index (χ4v) is 1.96. The molecule has 100 valence electrons. The predicted octanol–water partition coefficient (Wildman–Crippen LogP) is 3.81. The van der Waals surface area contributed by atoms with Crippen LogP contribution in [-0.4, -0.2) is 22.1 Å². The van der Waals surface area contributed by atoms with Crippen molar-refractivity contribution in [1.29, 1.82) is 0 Å². The second-order valence-electron chi connectivity index (χ2n) is 4.37. The Morgan fingerprint density at radius 2 is 2.28 bits per heavy atom. The number of aromatic nitrogens is 1. The molecule has 0 aromatic carbocycles. The second kappa shape index (κ2) is 7.21. The molecule has 1 unspecified atom stereocenters. The first-order chi connectivity index (χ1) is 8.56. The summed E-state index contributed by atoms with van der Waals surface area (Å²) in [5.74, 6) is -0.593. The van der Waals surface area contributed by atoms with E-state index in [0.717, 1.165) is 12.8 Å². The van der Waals surface area contributed by atoms with Gasteiger partial charge in [-0.2, -0.15) is 0 Å². The summed E-state index contributed by atoms with van der Waals surface area (Å²) in [6.07, 6.45) is 5.99. The van der Waals surface area contributed by atoms with Crippen molar-refractivity contribution in [2.45, 2.75) is 45.6 Å². The molecule has 1 heterocycles. The maximum atomic E-state index is 10.9. The zero-order chi connectivity index (χ0) is 13.5. The van der Waals surface area contributed by atoms with Crippen LogP contribution in [0.15, 0.2) is 12.3 Å². The lowest BCUT2D eigenvalue weighted by Gasteiger charge is -2.15. The summed E-state index contributed by atoms with van der Waals surface area (Å²) in [4.78, 5) is 15.0. The van der Waals surface area contributed by atoms with Crippen LogP contribution < -0.4 is 5.32 Å². The van der Waals surface area contributed by atoms with Crippen molar-refractivity contribution in [2.24, 2.45) is 0 Å². The van der Waals surface area contributed by atoms with Crippen molar-refractivity contribution in [3.8, 4) is 0 Å². The maximum Gasteiger partial charge on any atom is 0.337 e. The minimum atomic E-state index is -1.04. The Labute approximate surface area is 112 Å². The number of carboxylic acids is 1. The van der Waals surface area contributed by atoms with Crippen LogP contribution >= 0.6 is 11.6 Å². The minimum absolute atomic E-state index is 0.0786. The van der Waals surface area contributed by atoms with E-state index in [9.17, 15) is 4.79 Å². The van der Waals surface area contributed by atoms with Gasteiger partial charge in [-0.1, -0.05) is 37.8 Å². The number of halogens is 1. The molecular weight excluding hydrogens is 252 g/mol. The Hall–Kier alpha value is -1.29. The fourth-order valence-electron chi connectivity index (χ4n) is 1.72. The molecule has 0 aliphatic heterocycles. The number of nitrogens with one attached hydrogen (secondary N) is 1. The summed E-state index contributed by atoms with van der Waals surface area (Å²) in [6.45, 7) is 4.20. The van der Waals surface area contributed by atoms with E-state index >= 15 is 0 Å². The molecule has 0 aliphatic carbocycles. The van der Waals surface area contributed by atoms with Crippen molar-refractivity contribution < 1.29 is 9.90 Å². The predicted molar refractivity (Wildman–Crippen MR) is 73.4 cm³/mol. The van der Waals surface area contributed by atoms with Gasteiger partial charge in [-0.3, -0.25) is 0 Å². The van der Waals surface area contributed by atoms with Crippen LogP contribution in [0, 0.1) is 0 Å². The second-order valence-corrected chi connectivity index (χ2v) is 4.75. The lowest BCUT2D eigenvalue weighted by Crippen LogP contribution is -2.17. The van der Waals surface area contributed by atoms with Gasteiger partial charge in [0.2, 0.25) is 0 Å². The third-order valence-electron chi connectivity index (χ3n) is 2.74. The zero-order valence-corrected chi connectivity index (χ0v) is 11.5. The van der Waals surface area contributed by atoms with E-state index in [-0.39, 0.29) is 16.6 Å². The molecule has 18 heavy (non-hydrogen) atoms.